The van der Waals surface area contributed by atoms with Crippen LogP contribution in [-0.2, 0) is 7.05 Å². The summed E-state index contributed by atoms with van der Waals surface area (Å²) >= 11 is 0. The first-order valence-corrected chi connectivity index (χ1v) is 6.72. The highest BCUT2D eigenvalue weighted by molar-refractivity contribution is 5.93. The molecule has 5 heteroatoms. The fourth-order valence-electron chi connectivity index (χ4n) is 2.00. The summed E-state index contributed by atoms with van der Waals surface area (Å²) in [4.78, 5) is 23.9. The maximum Gasteiger partial charge on any atom is 0.256 e. The van der Waals surface area contributed by atoms with E-state index in [-0.39, 0.29) is 17.5 Å². The number of rotatable bonds is 7. The largest absolute Gasteiger partial charge is 0.387 e. The molecule has 1 heterocycles. The topological polar surface area (TPSA) is 71.3 Å². The van der Waals surface area contributed by atoms with Crippen LogP contribution in [0.15, 0.2) is 42.4 Å². The molecular weight excluding hydrogens is 268 g/mol. The highest BCUT2D eigenvalue weighted by atomic mass is 16.3. The van der Waals surface area contributed by atoms with E-state index in [1.807, 2.05) is 0 Å². The van der Waals surface area contributed by atoms with E-state index in [4.69, 9.17) is 0 Å². The predicted octanol–water partition coefficient (Wildman–Crippen LogP) is 1.31. The molecule has 21 heavy (non-hydrogen) atoms. The Morgan fingerprint density at radius 3 is 2.52 bits per heavy atom. The van der Waals surface area contributed by atoms with Gasteiger partial charge in [-0.3, -0.25) is 9.59 Å². The lowest BCUT2D eigenvalue weighted by atomic mass is 9.95. The molecule has 114 valence electrons. The van der Waals surface area contributed by atoms with Gasteiger partial charge in [-0.2, -0.15) is 0 Å². The number of nitrogens with zero attached hydrogens (tertiary/aromatic N) is 1. The molecule has 1 amide bonds. The molecule has 5 nitrogen and oxygen atoms in total. The molecule has 0 fully saturated rings. The van der Waals surface area contributed by atoms with Gasteiger partial charge in [0.2, 0.25) is 0 Å². The highest BCUT2D eigenvalue weighted by Crippen LogP contribution is 2.15. The zero-order valence-corrected chi connectivity index (χ0v) is 12.6. The summed E-state index contributed by atoms with van der Waals surface area (Å²) in [6, 6.07) is 1.41. The highest BCUT2D eigenvalue weighted by Gasteiger charge is 2.25. The van der Waals surface area contributed by atoms with Crippen molar-refractivity contribution in [3.63, 3.8) is 0 Å². The van der Waals surface area contributed by atoms with Crippen molar-refractivity contribution in [2.45, 2.75) is 25.4 Å². The van der Waals surface area contributed by atoms with Gasteiger partial charge in [-0.15, -0.1) is 13.2 Å². The van der Waals surface area contributed by atoms with Gasteiger partial charge >= 0.3 is 0 Å². The molecule has 2 N–H and O–H groups in total. The van der Waals surface area contributed by atoms with Crippen molar-refractivity contribution >= 4 is 5.91 Å². The van der Waals surface area contributed by atoms with Crippen LogP contribution in [0.3, 0.4) is 0 Å². The predicted molar refractivity (Wildman–Crippen MR) is 83.3 cm³/mol. The third kappa shape index (κ3) is 4.43. The van der Waals surface area contributed by atoms with Crippen LogP contribution >= 0.6 is 0 Å². The van der Waals surface area contributed by atoms with E-state index < -0.39 is 11.5 Å². The van der Waals surface area contributed by atoms with Gasteiger partial charge in [0, 0.05) is 31.5 Å². The van der Waals surface area contributed by atoms with Gasteiger partial charge in [-0.25, -0.2) is 0 Å². The summed E-state index contributed by atoms with van der Waals surface area (Å²) < 4.78 is 1.70. The first-order chi connectivity index (χ1) is 9.83. The molecular formula is C16H22N2O3. The molecule has 0 radical (unpaired) electrons. The summed E-state index contributed by atoms with van der Waals surface area (Å²) in [5.41, 5.74) is -0.636. The molecule has 1 aromatic rings. The van der Waals surface area contributed by atoms with Crippen LogP contribution in [-0.4, -0.2) is 27.7 Å². The van der Waals surface area contributed by atoms with Crippen LogP contribution in [0.25, 0.3) is 0 Å². The smallest absolute Gasteiger partial charge is 0.256 e. The van der Waals surface area contributed by atoms with Gasteiger partial charge in [0.05, 0.1) is 5.60 Å². The molecule has 0 aliphatic rings. The zero-order valence-electron chi connectivity index (χ0n) is 12.6. The minimum atomic E-state index is -1.13. The molecule has 0 aromatic carbocycles. The van der Waals surface area contributed by atoms with Crippen molar-refractivity contribution in [2.75, 3.05) is 6.54 Å². The summed E-state index contributed by atoms with van der Waals surface area (Å²) in [6.07, 6.45) is 5.31. The second-order valence-corrected chi connectivity index (χ2v) is 5.20. The summed E-state index contributed by atoms with van der Waals surface area (Å²) in [5.74, 6) is -0.498. The Morgan fingerprint density at radius 2 is 2.00 bits per heavy atom. The number of aliphatic hydroxyl groups is 1. The van der Waals surface area contributed by atoms with Crippen LogP contribution in [0.5, 0.6) is 0 Å². The van der Waals surface area contributed by atoms with Gasteiger partial charge in [-0.05, 0) is 19.8 Å². The number of aromatic nitrogens is 1. The van der Waals surface area contributed by atoms with E-state index in [0.717, 1.165) is 5.69 Å². The molecule has 0 spiro atoms. The molecule has 1 aromatic heterocycles. The van der Waals surface area contributed by atoms with E-state index >= 15 is 0 Å². The van der Waals surface area contributed by atoms with Gasteiger partial charge in [0.1, 0.15) is 5.56 Å². The first-order valence-electron chi connectivity index (χ1n) is 6.72. The second-order valence-electron chi connectivity index (χ2n) is 5.20. The van der Waals surface area contributed by atoms with Crippen LogP contribution < -0.4 is 10.7 Å². The van der Waals surface area contributed by atoms with Crippen LogP contribution in [0, 0.1) is 6.92 Å². The number of hydrogen-bond acceptors (Lipinski definition) is 3. The fraction of sp³-hybridized carbons (Fsp3) is 0.375. The fourth-order valence-corrected chi connectivity index (χ4v) is 2.00. The minimum Gasteiger partial charge on any atom is -0.387 e. The van der Waals surface area contributed by atoms with Crippen LogP contribution in [0.2, 0.25) is 0 Å². The molecule has 0 aliphatic heterocycles. The van der Waals surface area contributed by atoms with E-state index in [9.17, 15) is 14.7 Å². The van der Waals surface area contributed by atoms with Crippen molar-refractivity contribution in [3.8, 4) is 0 Å². The van der Waals surface area contributed by atoms with Gasteiger partial charge in [0.15, 0.2) is 5.43 Å². The Kier molecular flexibility index (Phi) is 5.67. The number of aryl methyl sites for hydroxylation is 2. The molecule has 0 bridgehead atoms. The normalized spacial score (nSPS) is 11.0. The second kappa shape index (κ2) is 7.04. The molecule has 0 aliphatic carbocycles. The van der Waals surface area contributed by atoms with Crippen molar-refractivity contribution in [1.29, 1.82) is 0 Å². The number of hydrogen-bond donors (Lipinski definition) is 2. The minimum absolute atomic E-state index is 0.0287. The average molecular weight is 290 g/mol. The average Bonchev–Trinajstić information content (AvgIpc) is 2.41. The summed E-state index contributed by atoms with van der Waals surface area (Å²) in [5, 5.41) is 12.9. The van der Waals surface area contributed by atoms with Gasteiger partial charge in [0.25, 0.3) is 5.91 Å². The van der Waals surface area contributed by atoms with E-state index in [0.29, 0.717) is 12.8 Å². The zero-order chi connectivity index (χ0) is 16.0. The Morgan fingerprint density at radius 1 is 1.43 bits per heavy atom. The molecule has 0 saturated carbocycles. The monoisotopic (exact) mass is 290 g/mol. The Labute approximate surface area is 124 Å². The standard InChI is InChI=1S/C16H22N2O3/c1-5-7-16(21,8-6-2)11-17-15(20)13-10-18(4)12(3)9-14(13)19/h5-6,9-10,21H,1-2,7-8,11H2,3-4H3,(H,17,20). The Balaban J connectivity index is 2.86. The quantitative estimate of drug-likeness (QED) is 0.744. The number of carbonyl (C=O) groups excluding carboxylic acids is 1. The van der Waals surface area contributed by atoms with Crippen LogP contribution in [0.4, 0.5) is 0 Å². The van der Waals surface area contributed by atoms with Gasteiger partial charge < -0.3 is 15.0 Å². The van der Waals surface area contributed by atoms with Crippen molar-refractivity contribution in [1.82, 2.24) is 9.88 Å². The van der Waals surface area contributed by atoms with Crippen molar-refractivity contribution in [2.24, 2.45) is 7.05 Å². The lowest BCUT2D eigenvalue weighted by Gasteiger charge is -2.25. The lowest BCUT2D eigenvalue weighted by molar-refractivity contribution is 0.0437. The van der Waals surface area contributed by atoms with Crippen LogP contribution in [0.1, 0.15) is 28.9 Å². The summed E-state index contributed by atoms with van der Waals surface area (Å²) in [7, 11) is 1.76. The molecule has 0 unspecified atom stereocenters. The Bertz CT molecular complexity index is 592. The van der Waals surface area contributed by atoms with E-state index in [1.54, 1.807) is 30.7 Å². The molecule has 1 rings (SSSR count). The number of amides is 1. The Hall–Kier alpha value is -2.14. The van der Waals surface area contributed by atoms with Gasteiger partial charge in [-0.1, -0.05) is 12.2 Å². The number of pyridine rings is 1. The summed E-state index contributed by atoms with van der Waals surface area (Å²) in [6.45, 7) is 8.99. The number of carbonyl (C=O) groups is 1. The van der Waals surface area contributed by atoms with Crippen molar-refractivity contribution in [3.05, 3.63) is 59.1 Å². The molecule has 0 saturated heterocycles. The third-order valence-corrected chi connectivity index (χ3v) is 3.36. The first kappa shape index (κ1) is 16.9. The lowest BCUT2D eigenvalue weighted by Crippen LogP contribution is -2.43. The SMILES string of the molecule is C=CCC(O)(CC=C)CNC(=O)c1cn(C)c(C)cc1=O. The number of nitrogens with one attached hydrogen (secondary N) is 1. The maximum atomic E-state index is 12.1. The van der Waals surface area contributed by atoms with Crippen molar-refractivity contribution < 1.29 is 9.90 Å². The van der Waals surface area contributed by atoms with E-state index in [2.05, 4.69) is 18.5 Å². The molecule has 0 atom stereocenters. The third-order valence-electron chi connectivity index (χ3n) is 3.36. The van der Waals surface area contributed by atoms with E-state index in [1.165, 1.54) is 12.3 Å². The maximum absolute atomic E-state index is 12.1.